The normalized spacial score (nSPS) is 14.1. The SMILES string of the molecule is COCCn1c(SCC(=O)NCCC2=CCCCC2)nc2ccc(Br)cc2c1=O. The molecule has 1 aliphatic rings. The summed E-state index contributed by atoms with van der Waals surface area (Å²) in [5.74, 6) is 0.176. The minimum Gasteiger partial charge on any atom is -0.383 e. The second-order valence-electron chi connectivity index (χ2n) is 7.00. The number of fused-ring (bicyclic) bond motifs is 1. The summed E-state index contributed by atoms with van der Waals surface area (Å²) >= 11 is 4.68. The highest BCUT2D eigenvalue weighted by Gasteiger charge is 2.14. The van der Waals surface area contributed by atoms with Gasteiger partial charge in [0.15, 0.2) is 5.16 Å². The number of benzene rings is 1. The molecule has 0 atom stereocenters. The number of allylic oxidation sites excluding steroid dienone is 1. The van der Waals surface area contributed by atoms with Crippen molar-refractivity contribution in [3.05, 3.63) is 44.7 Å². The van der Waals surface area contributed by atoms with Gasteiger partial charge in [0, 0.05) is 18.1 Å². The molecule has 2 aromatic rings. The molecule has 29 heavy (non-hydrogen) atoms. The molecule has 0 saturated carbocycles. The van der Waals surface area contributed by atoms with Crippen molar-refractivity contribution in [3.63, 3.8) is 0 Å². The van der Waals surface area contributed by atoms with Gasteiger partial charge in [0.05, 0.1) is 29.8 Å². The minimum atomic E-state index is -0.125. The third kappa shape index (κ3) is 6.17. The molecular formula is C21H26BrN3O3S. The fourth-order valence-electron chi connectivity index (χ4n) is 3.34. The summed E-state index contributed by atoms with van der Waals surface area (Å²) in [5.41, 5.74) is 1.94. The largest absolute Gasteiger partial charge is 0.383 e. The van der Waals surface area contributed by atoms with E-state index in [0.29, 0.717) is 35.8 Å². The Bertz CT molecular complexity index is 958. The molecule has 0 fully saturated rings. The van der Waals surface area contributed by atoms with Crippen molar-refractivity contribution in [3.8, 4) is 0 Å². The van der Waals surface area contributed by atoms with Gasteiger partial charge in [-0.25, -0.2) is 4.98 Å². The van der Waals surface area contributed by atoms with Gasteiger partial charge >= 0.3 is 0 Å². The molecule has 0 bridgehead atoms. The Morgan fingerprint density at radius 3 is 3.00 bits per heavy atom. The van der Waals surface area contributed by atoms with Crippen LogP contribution in [-0.2, 0) is 16.1 Å². The number of rotatable bonds is 9. The van der Waals surface area contributed by atoms with Crippen LogP contribution in [0.1, 0.15) is 32.1 Å². The zero-order chi connectivity index (χ0) is 20.6. The Morgan fingerprint density at radius 2 is 2.24 bits per heavy atom. The van der Waals surface area contributed by atoms with Crippen LogP contribution in [0.2, 0.25) is 0 Å². The van der Waals surface area contributed by atoms with Crippen molar-refractivity contribution in [2.45, 2.75) is 43.8 Å². The van der Waals surface area contributed by atoms with E-state index in [4.69, 9.17) is 4.74 Å². The molecule has 0 aliphatic heterocycles. The summed E-state index contributed by atoms with van der Waals surface area (Å²) in [4.78, 5) is 29.8. The van der Waals surface area contributed by atoms with Crippen LogP contribution in [0.4, 0.5) is 0 Å². The van der Waals surface area contributed by atoms with E-state index in [1.165, 1.54) is 30.2 Å². The molecule has 0 spiro atoms. The fourth-order valence-corrected chi connectivity index (χ4v) is 4.55. The summed E-state index contributed by atoms with van der Waals surface area (Å²) in [6, 6.07) is 5.44. The molecular weight excluding hydrogens is 454 g/mol. The van der Waals surface area contributed by atoms with Crippen LogP contribution in [0.3, 0.4) is 0 Å². The minimum absolute atomic E-state index is 0.0464. The molecule has 0 saturated heterocycles. The maximum atomic E-state index is 12.9. The number of thioether (sulfide) groups is 1. The standard InChI is InChI=1S/C21H26BrN3O3S/c1-28-12-11-25-20(27)17-13-16(22)7-8-18(17)24-21(25)29-14-19(26)23-10-9-15-5-3-2-4-6-15/h5,7-8,13H,2-4,6,9-12,14H2,1H3,(H,23,26). The summed E-state index contributed by atoms with van der Waals surface area (Å²) in [5, 5.41) is 4.06. The Morgan fingerprint density at radius 1 is 1.38 bits per heavy atom. The first-order valence-corrected chi connectivity index (χ1v) is 11.6. The lowest BCUT2D eigenvalue weighted by atomic mass is 9.97. The number of ether oxygens (including phenoxy) is 1. The smallest absolute Gasteiger partial charge is 0.262 e. The highest BCUT2D eigenvalue weighted by molar-refractivity contribution is 9.10. The van der Waals surface area contributed by atoms with E-state index < -0.39 is 0 Å². The molecule has 1 N–H and O–H groups in total. The molecule has 1 aromatic carbocycles. The van der Waals surface area contributed by atoms with Gasteiger partial charge in [0.25, 0.3) is 5.56 Å². The number of methoxy groups -OCH3 is 1. The summed E-state index contributed by atoms with van der Waals surface area (Å²) in [7, 11) is 1.60. The molecule has 8 heteroatoms. The molecule has 0 radical (unpaired) electrons. The van der Waals surface area contributed by atoms with Crippen LogP contribution >= 0.6 is 27.7 Å². The van der Waals surface area contributed by atoms with Crippen LogP contribution in [0.25, 0.3) is 10.9 Å². The van der Waals surface area contributed by atoms with Crippen molar-refractivity contribution in [2.75, 3.05) is 26.0 Å². The molecule has 0 unspecified atom stereocenters. The molecule has 156 valence electrons. The van der Waals surface area contributed by atoms with Crippen molar-refractivity contribution < 1.29 is 9.53 Å². The van der Waals surface area contributed by atoms with Crippen LogP contribution in [-0.4, -0.2) is 41.5 Å². The van der Waals surface area contributed by atoms with Gasteiger partial charge in [-0.3, -0.25) is 14.2 Å². The number of nitrogens with one attached hydrogen (secondary N) is 1. The second-order valence-corrected chi connectivity index (χ2v) is 8.86. The predicted octanol–water partition coefficient (Wildman–Crippen LogP) is 3.90. The van der Waals surface area contributed by atoms with E-state index in [-0.39, 0.29) is 17.2 Å². The van der Waals surface area contributed by atoms with E-state index in [9.17, 15) is 9.59 Å². The molecule has 1 amide bonds. The topological polar surface area (TPSA) is 73.2 Å². The molecule has 3 rings (SSSR count). The van der Waals surface area contributed by atoms with Gasteiger partial charge in [0.1, 0.15) is 0 Å². The highest BCUT2D eigenvalue weighted by atomic mass is 79.9. The molecule has 1 aromatic heterocycles. The van der Waals surface area contributed by atoms with Gasteiger partial charge in [0.2, 0.25) is 5.91 Å². The Kier molecular flexibility index (Phi) is 8.32. The van der Waals surface area contributed by atoms with E-state index >= 15 is 0 Å². The zero-order valence-electron chi connectivity index (χ0n) is 16.6. The van der Waals surface area contributed by atoms with E-state index in [1.54, 1.807) is 17.7 Å². The average molecular weight is 480 g/mol. The number of halogens is 1. The molecule has 6 nitrogen and oxygen atoms in total. The van der Waals surface area contributed by atoms with Gasteiger partial charge < -0.3 is 10.1 Å². The molecule has 1 aliphatic carbocycles. The van der Waals surface area contributed by atoms with E-state index in [1.807, 2.05) is 12.1 Å². The summed E-state index contributed by atoms with van der Waals surface area (Å²) in [6.45, 7) is 1.44. The monoisotopic (exact) mass is 479 g/mol. The number of hydrogen-bond acceptors (Lipinski definition) is 5. The Labute approximate surface area is 183 Å². The number of amides is 1. The van der Waals surface area contributed by atoms with Crippen molar-refractivity contribution >= 4 is 44.5 Å². The van der Waals surface area contributed by atoms with Gasteiger partial charge in [-0.1, -0.05) is 39.3 Å². The van der Waals surface area contributed by atoms with Crippen LogP contribution in [0.5, 0.6) is 0 Å². The van der Waals surface area contributed by atoms with Crippen LogP contribution in [0.15, 0.2) is 44.3 Å². The lowest BCUT2D eigenvalue weighted by Crippen LogP contribution is -2.28. The summed E-state index contributed by atoms with van der Waals surface area (Å²) in [6.07, 6.45) is 8.04. The average Bonchev–Trinajstić information content (AvgIpc) is 2.73. The van der Waals surface area contributed by atoms with Gasteiger partial charge in [-0.05, 0) is 50.3 Å². The van der Waals surface area contributed by atoms with Crippen LogP contribution in [0, 0.1) is 0 Å². The first-order chi connectivity index (χ1) is 14.1. The Balaban J connectivity index is 1.66. The van der Waals surface area contributed by atoms with Gasteiger partial charge in [-0.15, -0.1) is 0 Å². The third-order valence-corrected chi connectivity index (χ3v) is 6.36. The summed E-state index contributed by atoms with van der Waals surface area (Å²) < 4.78 is 7.55. The zero-order valence-corrected chi connectivity index (χ0v) is 19.0. The van der Waals surface area contributed by atoms with Crippen molar-refractivity contribution in [1.82, 2.24) is 14.9 Å². The van der Waals surface area contributed by atoms with Crippen molar-refractivity contribution in [2.24, 2.45) is 0 Å². The first-order valence-electron chi connectivity index (χ1n) is 9.85. The van der Waals surface area contributed by atoms with Gasteiger partial charge in [-0.2, -0.15) is 0 Å². The molecule has 1 heterocycles. The van der Waals surface area contributed by atoms with E-state index in [2.05, 4.69) is 32.3 Å². The number of hydrogen-bond donors (Lipinski definition) is 1. The number of carbonyl (C=O) groups is 1. The second kappa shape index (κ2) is 10.9. The third-order valence-electron chi connectivity index (χ3n) is 4.89. The number of carbonyl (C=O) groups excluding carboxylic acids is 1. The maximum Gasteiger partial charge on any atom is 0.262 e. The van der Waals surface area contributed by atoms with E-state index in [0.717, 1.165) is 23.7 Å². The van der Waals surface area contributed by atoms with Crippen molar-refractivity contribution in [1.29, 1.82) is 0 Å². The quantitative estimate of drug-likeness (QED) is 0.335. The highest BCUT2D eigenvalue weighted by Crippen LogP contribution is 2.21. The maximum absolute atomic E-state index is 12.9. The number of nitrogens with zero attached hydrogens (tertiary/aromatic N) is 2. The Hall–Kier alpha value is -1.64. The first kappa shape index (κ1) is 22.1. The lowest BCUT2D eigenvalue weighted by Gasteiger charge is -2.14. The fraction of sp³-hybridized carbons (Fsp3) is 0.476. The predicted molar refractivity (Wildman–Crippen MR) is 120 cm³/mol. The number of aromatic nitrogens is 2. The van der Waals surface area contributed by atoms with Crippen LogP contribution < -0.4 is 10.9 Å². The lowest BCUT2D eigenvalue weighted by molar-refractivity contribution is -0.118.